The summed E-state index contributed by atoms with van der Waals surface area (Å²) in [6, 6.07) is 11.1. The molecule has 0 aliphatic carbocycles. The zero-order chi connectivity index (χ0) is 22.6. The second-order valence-electron chi connectivity index (χ2n) is 7.39. The van der Waals surface area contributed by atoms with Gasteiger partial charge in [0, 0.05) is 18.8 Å². The molecule has 1 N–H and O–H groups in total. The van der Waals surface area contributed by atoms with Gasteiger partial charge in [-0.05, 0) is 61.7 Å². The maximum absolute atomic E-state index is 13.0. The quantitative estimate of drug-likeness (QED) is 0.685. The van der Waals surface area contributed by atoms with E-state index in [1.165, 1.54) is 30.7 Å². The Bertz CT molecular complexity index is 1070. The highest BCUT2D eigenvalue weighted by molar-refractivity contribution is 7.89. The molecule has 166 valence electrons. The SMILES string of the molecule is COC(=O)c1ccc(C)c(NC(=O)C2CCCN(S(=O)(=O)c3ccc(OC)cc3)C2)c1. The fraction of sp³-hybridized carbons (Fsp3) is 0.364. The minimum absolute atomic E-state index is 0.0932. The van der Waals surface area contributed by atoms with Crippen LogP contribution in [0.4, 0.5) is 5.69 Å². The number of piperidine rings is 1. The van der Waals surface area contributed by atoms with Crippen LogP contribution < -0.4 is 10.1 Å². The first kappa shape index (κ1) is 22.8. The fourth-order valence-corrected chi connectivity index (χ4v) is 5.03. The monoisotopic (exact) mass is 446 g/mol. The first-order valence-corrected chi connectivity index (χ1v) is 11.3. The smallest absolute Gasteiger partial charge is 0.337 e. The van der Waals surface area contributed by atoms with E-state index >= 15 is 0 Å². The fourth-order valence-electron chi connectivity index (χ4n) is 3.51. The number of ether oxygens (including phenoxy) is 2. The number of carbonyl (C=O) groups is 2. The third-order valence-corrected chi connectivity index (χ3v) is 7.25. The highest BCUT2D eigenvalue weighted by atomic mass is 32.2. The first-order chi connectivity index (χ1) is 14.8. The van der Waals surface area contributed by atoms with Crippen molar-refractivity contribution in [2.24, 2.45) is 5.92 Å². The Hall–Kier alpha value is -2.91. The van der Waals surface area contributed by atoms with E-state index in [0.29, 0.717) is 36.4 Å². The van der Waals surface area contributed by atoms with Gasteiger partial charge < -0.3 is 14.8 Å². The molecule has 2 aromatic carbocycles. The second-order valence-corrected chi connectivity index (χ2v) is 9.33. The highest BCUT2D eigenvalue weighted by Crippen LogP contribution is 2.26. The summed E-state index contributed by atoms with van der Waals surface area (Å²) >= 11 is 0. The van der Waals surface area contributed by atoms with E-state index < -0.39 is 21.9 Å². The molecule has 3 rings (SSSR count). The van der Waals surface area contributed by atoms with Gasteiger partial charge in [0.05, 0.1) is 30.6 Å². The number of hydrogen-bond acceptors (Lipinski definition) is 6. The third-order valence-electron chi connectivity index (χ3n) is 5.37. The van der Waals surface area contributed by atoms with Crippen molar-refractivity contribution in [3.63, 3.8) is 0 Å². The predicted molar refractivity (Wildman–Crippen MR) is 116 cm³/mol. The van der Waals surface area contributed by atoms with Crippen molar-refractivity contribution in [2.45, 2.75) is 24.7 Å². The largest absolute Gasteiger partial charge is 0.497 e. The Morgan fingerprint density at radius 2 is 1.81 bits per heavy atom. The van der Waals surface area contributed by atoms with Crippen LogP contribution in [0, 0.1) is 12.8 Å². The van der Waals surface area contributed by atoms with Gasteiger partial charge in [0.15, 0.2) is 0 Å². The van der Waals surface area contributed by atoms with Gasteiger partial charge in [-0.3, -0.25) is 4.79 Å². The van der Waals surface area contributed by atoms with Crippen LogP contribution in [0.3, 0.4) is 0 Å². The lowest BCUT2D eigenvalue weighted by Gasteiger charge is -2.31. The number of carbonyl (C=O) groups excluding carboxylic acids is 2. The molecular formula is C22H26N2O6S. The molecule has 1 amide bonds. The highest BCUT2D eigenvalue weighted by Gasteiger charge is 2.33. The number of aryl methyl sites for hydroxylation is 1. The summed E-state index contributed by atoms with van der Waals surface area (Å²) in [7, 11) is -0.913. The molecule has 1 unspecified atom stereocenters. The molecule has 8 nitrogen and oxygen atoms in total. The molecule has 1 saturated heterocycles. The van der Waals surface area contributed by atoms with Gasteiger partial charge in [-0.1, -0.05) is 6.07 Å². The van der Waals surface area contributed by atoms with Crippen LogP contribution in [0.25, 0.3) is 0 Å². The molecule has 0 saturated carbocycles. The summed E-state index contributed by atoms with van der Waals surface area (Å²) in [5, 5.41) is 2.84. The lowest BCUT2D eigenvalue weighted by molar-refractivity contribution is -0.120. The second kappa shape index (κ2) is 9.49. The number of rotatable bonds is 6. The summed E-state index contributed by atoms with van der Waals surface area (Å²) in [5.74, 6) is -0.702. The summed E-state index contributed by atoms with van der Waals surface area (Å²) in [6.45, 7) is 2.27. The van der Waals surface area contributed by atoms with Crippen molar-refractivity contribution in [3.05, 3.63) is 53.6 Å². The Kier molecular flexibility index (Phi) is 6.97. The molecule has 1 fully saturated rings. The molecule has 0 bridgehead atoms. The number of esters is 1. The standard InChI is InChI=1S/C22H26N2O6S/c1-15-6-7-16(22(26)30-3)13-20(15)23-21(25)17-5-4-12-24(14-17)31(27,28)19-10-8-18(29-2)9-11-19/h6-11,13,17H,4-5,12,14H2,1-3H3,(H,23,25). The summed E-state index contributed by atoms with van der Waals surface area (Å²) in [4.78, 5) is 24.8. The van der Waals surface area contributed by atoms with Gasteiger partial charge in [0.25, 0.3) is 0 Å². The van der Waals surface area contributed by atoms with E-state index in [4.69, 9.17) is 9.47 Å². The number of amides is 1. The van der Waals surface area contributed by atoms with Gasteiger partial charge in [0.2, 0.25) is 15.9 Å². The summed E-state index contributed by atoms with van der Waals surface area (Å²) in [6.07, 6.45) is 1.16. The van der Waals surface area contributed by atoms with E-state index in [1.54, 1.807) is 30.3 Å². The van der Waals surface area contributed by atoms with Gasteiger partial charge in [-0.2, -0.15) is 4.31 Å². The number of benzene rings is 2. The minimum atomic E-state index is -3.72. The molecule has 1 aliphatic heterocycles. The van der Waals surface area contributed by atoms with Gasteiger partial charge in [-0.15, -0.1) is 0 Å². The lowest BCUT2D eigenvalue weighted by Crippen LogP contribution is -2.43. The zero-order valence-corrected chi connectivity index (χ0v) is 18.6. The Morgan fingerprint density at radius 1 is 1.10 bits per heavy atom. The van der Waals surface area contributed by atoms with E-state index in [0.717, 1.165) is 5.56 Å². The Balaban J connectivity index is 1.74. The van der Waals surface area contributed by atoms with Gasteiger partial charge >= 0.3 is 5.97 Å². The average molecular weight is 447 g/mol. The molecule has 0 radical (unpaired) electrons. The molecule has 2 aromatic rings. The topological polar surface area (TPSA) is 102 Å². The van der Waals surface area contributed by atoms with Crippen LogP contribution in [0.5, 0.6) is 5.75 Å². The van der Waals surface area contributed by atoms with Crippen LogP contribution in [-0.2, 0) is 19.6 Å². The zero-order valence-electron chi connectivity index (χ0n) is 17.8. The maximum atomic E-state index is 13.0. The third kappa shape index (κ3) is 5.05. The number of hydrogen-bond donors (Lipinski definition) is 1. The van der Waals surface area contributed by atoms with Crippen LogP contribution >= 0.6 is 0 Å². The number of sulfonamides is 1. The molecule has 1 heterocycles. The first-order valence-electron chi connectivity index (χ1n) is 9.90. The average Bonchev–Trinajstić information content (AvgIpc) is 2.80. The minimum Gasteiger partial charge on any atom is -0.497 e. The molecule has 1 atom stereocenters. The molecule has 0 spiro atoms. The van der Waals surface area contributed by atoms with Gasteiger partial charge in [-0.25, -0.2) is 13.2 Å². The normalized spacial score (nSPS) is 17.1. The predicted octanol–water partition coefficient (Wildman–Crippen LogP) is 2.83. The van der Waals surface area contributed by atoms with Crippen molar-refractivity contribution in [3.8, 4) is 5.75 Å². The van der Waals surface area contributed by atoms with Crippen molar-refractivity contribution < 1.29 is 27.5 Å². The van der Waals surface area contributed by atoms with Crippen molar-refractivity contribution in [1.82, 2.24) is 4.31 Å². The Morgan fingerprint density at radius 3 is 2.45 bits per heavy atom. The lowest BCUT2D eigenvalue weighted by atomic mass is 9.98. The van der Waals surface area contributed by atoms with Crippen molar-refractivity contribution in [1.29, 1.82) is 0 Å². The molecule has 0 aromatic heterocycles. The van der Waals surface area contributed by atoms with E-state index in [-0.39, 0.29) is 17.3 Å². The molecule has 31 heavy (non-hydrogen) atoms. The van der Waals surface area contributed by atoms with E-state index in [2.05, 4.69) is 5.32 Å². The number of nitrogens with one attached hydrogen (secondary N) is 1. The van der Waals surface area contributed by atoms with Crippen LogP contribution in [0.15, 0.2) is 47.4 Å². The Labute approximate surface area is 182 Å². The van der Waals surface area contributed by atoms with Crippen LogP contribution in [-0.4, -0.2) is 51.9 Å². The van der Waals surface area contributed by atoms with Crippen molar-refractivity contribution in [2.75, 3.05) is 32.6 Å². The van der Waals surface area contributed by atoms with E-state index in [9.17, 15) is 18.0 Å². The molecular weight excluding hydrogens is 420 g/mol. The number of anilines is 1. The van der Waals surface area contributed by atoms with Gasteiger partial charge in [0.1, 0.15) is 5.75 Å². The number of methoxy groups -OCH3 is 2. The van der Waals surface area contributed by atoms with E-state index in [1.807, 2.05) is 6.92 Å². The molecule has 9 heteroatoms. The van der Waals surface area contributed by atoms with Crippen LogP contribution in [0.1, 0.15) is 28.8 Å². The number of nitrogens with zero attached hydrogens (tertiary/aromatic N) is 1. The summed E-state index contributed by atoms with van der Waals surface area (Å²) < 4.78 is 37.2. The van der Waals surface area contributed by atoms with Crippen molar-refractivity contribution >= 4 is 27.6 Å². The summed E-state index contributed by atoms with van der Waals surface area (Å²) in [5.41, 5.74) is 1.62. The van der Waals surface area contributed by atoms with Crippen LogP contribution in [0.2, 0.25) is 0 Å². The molecule has 1 aliphatic rings. The maximum Gasteiger partial charge on any atom is 0.337 e.